The van der Waals surface area contributed by atoms with Crippen LogP contribution in [0.2, 0.25) is 0 Å². The molecule has 1 heterocycles. The van der Waals surface area contributed by atoms with Gasteiger partial charge in [0.2, 0.25) is 10.0 Å². The SMILES string of the molecule is NC[C@@H]1CCCN1S(=O)(=O)Cc1ccc(Br)cc1. The number of nitrogens with two attached hydrogens (primary N) is 1. The summed E-state index contributed by atoms with van der Waals surface area (Å²) in [7, 11) is -3.25. The van der Waals surface area contributed by atoms with E-state index in [1.54, 1.807) is 4.31 Å². The molecule has 1 aromatic carbocycles. The fourth-order valence-corrected chi connectivity index (χ4v) is 4.38. The topological polar surface area (TPSA) is 63.4 Å². The highest BCUT2D eigenvalue weighted by Gasteiger charge is 2.33. The van der Waals surface area contributed by atoms with E-state index < -0.39 is 10.0 Å². The molecular formula is C12H17BrN2O2S. The highest BCUT2D eigenvalue weighted by molar-refractivity contribution is 9.10. The molecular weight excluding hydrogens is 316 g/mol. The lowest BCUT2D eigenvalue weighted by Crippen LogP contribution is -2.40. The van der Waals surface area contributed by atoms with Crippen molar-refractivity contribution in [2.45, 2.75) is 24.6 Å². The maximum Gasteiger partial charge on any atom is 0.218 e. The van der Waals surface area contributed by atoms with Crippen molar-refractivity contribution < 1.29 is 8.42 Å². The smallest absolute Gasteiger partial charge is 0.218 e. The quantitative estimate of drug-likeness (QED) is 0.912. The van der Waals surface area contributed by atoms with Crippen LogP contribution in [-0.4, -0.2) is 31.9 Å². The van der Waals surface area contributed by atoms with Crippen LogP contribution in [0.15, 0.2) is 28.7 Å². The Morgan fingerprint density at radius 1 is 1.33 bits per heavy atom. The van der Waals surface area contributed by atoms with Gasteiger partial charge < -0.3 is 5.73 Å². The first kappa shape index (κ1) is 14.0. The Balaban J connectivity index is 2.14. The third-order valence-electron chi connectivity index (χ3n) is 3.21. The van der Waals surface area contributed by atoms with Crippen LogP contribution in [0.3, 0.4) is 0 Å². The van der Waals surface area contributed by atoms with E-state index >= 15 is 0 Å². The van der Waals surface area contributed by atoms with Crippen LogP contribution in [0.1, 0.15) is 18.4 Å². The highest BCUT2D eigenvalue weighted by atomic mass is 79.9. The Kier molecular flexibility index (Phi) is 4.42. The maximum atomic E-state index is 12.3. The van der Waals surface area contributed by atoms with Crippen molar-refractivity contribution in [1.29, 1.82) is 0 Å². The standard InChI is InChI=1S/C12H17BrN2O2S/c13-11-5-3-10(4-6-11)9-18(16,17)15-7-1-2-12(15)8-14/h3-6,12H,1-2,7-9,14H2/t12-/m0/s1. The van der Waals surface area contributed by atoms with E-state index in [-0.39, 0.29) is 11.8 Å². The largest absolute Gasteiger partial charge is 0.329 e. The zero-order valence-corrected chi connectivity index (χ0v) is 12.5. The van der Waals surface area contributed by atoms with Gasteiger partial charge in [-0.2, -0.15) is 4.31 Å². The molecule has 1 fully saturated rings. The van der Waals surface area contributed by atoms with Gasteiger partial charge in [-0.05, 0) is 30.5 Å². The Hall–Kier alpha value is -0.430. The van der Waals surface area contributed by atoms with Crippen molar-refractivity contribution in [2.75, 3.05) is 13.1 Å². The fraction of sp³-hybridized carbons (Fsp3) is 0.500. The van der Waals surface area contributed by atoms with Crippen LogP contribution < -0.4 is 5.73 Å². The molecule has 1 aromatic rings. The van der Waals surface area contributed by atoms with Gasteiger partial charge in [0.1, 0.15) is 0 Å². The molecule has 0 amide bonds. The summed E-state index contributed by atoms with van der Waals surface area (Å²) in [6.45, 7) is 1.00. The minimum Gasteiger partial charge on any atom is -0.329 e. The van der Waals surface area contributed by atoms with Crippen molar-refractivity contribution in [2.24, 2.45) is 5.73 Å². The summed E-state index contributed by atoms with van der Waals surface area (Å²) in [5, 5.41) is 0. The summed E-state index contributed by atoms with van der Waals surface area (Å²) >= 11 is 3.34. The molecule has 18 heavy (non-hydrogen) atoms. The average molecular weight is 333 g/mol. The number of hydrogen-bond acceptors (Lipinski definition) is 3. The second-order valence-corrected chi connectivity index (χ2v) is 7.36. The molecule has 0 unspecified atom stereocenters. The molecule has 100 valence electrons. The van der Waals surface area contributed by atoms with Crippen LogP contribution in [0, 0.1) is 0 Å². The van der Waals surface area contributed by atoms with Crippen molar-refractivity contribution in [1.82, 2.24) is 4.31 Å². The summed E-state index contributed by atoms with van der Waals surface area (Å²) in [4.78, 5) is 0. The molecule has 1 atom stereocenters. The minimum atomic E-state index is -3.25. The van der Waals surface area contributed by atoms with Gasteiger partial charge in [0.25, 0.3) is 0 Å². The van der Waals surface area contributed by atoms with Crippen LogP contribution in [0.25, 0.3) is 0 Å². The third kappa shape index (κ3) is 3.12. The first-order chi connectivity index (χ1) is 8.53. The monoisotopic (exact) mass is 332 g/mol. The molecule has 0 saturated carbocycles. The zero-order chi connectivity index (χ0) is 13.2. The van der Waals surface area contributed by atoms with E-state index in [2.05, 4.69) is 15.9 Å². The minimum absolute atomic E-state index is 0.0227. The molecule has 2 N–H and O–H groups in total. The van der Waals surface area contributed by atoms with E-state index in [9.17, 15) is 8.42 Å². The van der Waals surface area contributed by atoms with Gasteiger partial charge in [0.15, 0.2) is 0 Å². The van der Waals surface area contributed by atoms with Gasteiger partial charge in [0, 0.05) is 23.6 Å². The van der Waals surface area contributed by atoms with Crippen molar-refractivity contribution in [3.8, 4) is 0 Å². The Bertz CT molecular complexity index is 501. The number of hydrogen-bond donors (Lipinski definition) is 1. The molecule has 6 heteroatoms. The summed E-state index contributed by atoms with van der Waals surface area (Å²) in [6, 6.07) is 7.35. The van der Waals surface area contributed by atoms with Crippen LogP contribution in [0.4, 0.5) is 0 Å². The molecule has 1 saturated heterocycles. The summed E-state index contributed by atoms with van der Waals surface area (Å²) < 4.78 is 27.1. The lowest BCUT2D eigenvalue weighted by molar-refractivity contribution is 0.392. The summed E-state index contributed by atoms with van der Waals surface area (Å²) in [6.07, 6.45) is 1.78. The van der Waals surface area contributed by atoms with E-state index in [4.69, 9.17) is 5.73 Å². The Morgan fingerprint density at radius 2 is 2.00 bits per heavy atom. The van der Waals surface area contributed by atoms with Crippen LogP contribution >= 0.6 is 15.9 Å². The molecule has 0 aliphatic carbocycles. The number of sulfonamides is 1. The lowest BCUT2D eigenvalue weighted by atomic mass is 10.2. The molecule has 0 radical (unpaired) electrons. The summed E-state index contributed by atoms with van der Waals surface area (Å²) in [5.74, 6) is 0.0524. The van der Waals surface area contributed by atoms with Gasteiger partial charge in [-0.1, -0.05) is 28.1 Å². The fourth-order valence-electron chi connectivity index (χ4n) is 2.29. The lowest BCUT2D eigenvalue weighted by Gasteiger charge is -2.22. The van der Waals surface area contributed by atoms with E-state index in [1.165, 1.54) is 0 Å². The van der Waals surface area contributed by atoms with Gasteiger partial charge in [-0.25, -0.2) is 8.42 Å². The van der Waals surface area contributed by atoms with Crippen LogP contribution in [-0.2, 0) is 15.8 Å². The predicted molar refractivity (Wildman–Crippen MR) is 75.5 cm³/mol. The van der Waals surface area contributed by atoms with E-state index in [0.717, 1.165) is 22.9 Å². The normalized spacial score (nSPS) is 21.3. The first-order valence-electron chi connectivity index (χ1n) is 5.97. The molecule has 0 aromatic heterocycles. The maximum absolute atomic E-state index is 12.3. The first-order valence-corrected chi connectivity index (χ1v) is 8.37. The van der Waals surface area contributed by atoms with E-state index in [0.29, 0.717) is 13.1 Å². The second kappa shape index (κ2) is 5.69. The molecule has 2 rings (SSSR count). The highest BCUT2D eigenvalue weighted by Crippen LogP contribution is 2.23. The third-order valence-corrected chi connectivity index (χ3v) is 5.64. The van der Waals surface area contributed by atoms with Gasteiger partial charge in [-0.15, -0.1) is 0 Å². The van der Waals surface area contributed by atoms with Gasteiger partial charge in [-0.3, -0.25) is 0 Å². The van der Waals surface area contributed by atoms with E-state index in [1.807, 2.05) is 24.3 Å². The van der Waals surface area contributed by atoms with Crippen molar-refractivity contribution >= 4 is 26.0 Å². The Morgan fingerprint density at radius 3 is 2.61 bits per heavy atom. The molecule has 0 spiro atoms. The van der Waals surface area contributed by atoms with Gasteiger partial charge in [0.05, 0.1) is 5.75 Å². The molecule has 0 bridgehead atoms. The number of nitrogens with zero attached hydrogens (tertiary/aromatic N) is 1. The van der Waals surface area contributed by atoms with Crippen molar-refractivity contribution in [3.05, 3.63) is 34.3 Å². The predicted octanol–water partition coefficient (Wildman–Crippen LogP) is 1.70. The average Bonchev–Trinajstić information content (AvgIpc) is 2.81. The zero-order valence-electron chi connectivity index (χ0n) is 10.0. The second-order valence-electron chi connectivity index (χ2n) is 4.53. The molecule has 1 aliphatic rings. The number of benzene rings is 1. The Labute approximate surface area is 116 Å². The molecule has 1 aliphatic heterocycles. The molecule has 4 nitrogen and oxygen atoms in total. The van der Waals surface area contributed by atoms with Gasteiger partial charge >= 0.3 is 0 Å². The summed E-state index contributed by atoms with van der Waals surface area (Å²) in [5.41, 5.74) is 6.43. The number of halogens is 1. The van der Waals surface area contributed by atoms with Crippen LogP contribution in [0.5, 0.6) is 0 Å². The van der Waals surface area contributed by atoms with Crippen molar-refractivity contribution in [3.63, 3.8) is 0 Å². The number of rotatable bonds is 4.